The van der Waals surface area contributed by atoms with E-state index in [1.165, 1.54) is 0 Å². The summed E-state index contributed by atoms with van der Waals surface area (Å²) in [6.07, 6.45) is 3.96. The molecular formula is C19H22ClN3O3. The number of halogens is 1. The third-order valence-corrected chi connectivity index (χ3v) is 5.74. The summed E-state index contributed by atoms with van der Waals surface area (Å²) >= 11 is 6.01. The van der Waals surface area contributed by atoms with Crippen molar-refractivity contribution in [1.29, 1.82) is 0 Å². The number of nitrogens with zero attached hydrogens (tertiary/aromatic N) is 2. The van der Waals surface area contributed by atoms with Crippen molar-refractivity contribution in [3.63, 3.8) is 0 Å². The minimum atomic E-state index is -0.216. The molecule has 138 valence electrons. The maximum atomic E-state index is 12.4. The Hall–Kier alpha value is -2.08. The summed E-state index contributed by atoms with van der Waals surface area (Å²) < 4.78 is 5.88. The molecule has 0 spiro atoms. The van der Waals surface area contributed by atoms with E-state index in [0.29, 0.717) is 18.0 Å². The Balaban J connectivity index is 1.33. The number of carbonyl (C=O) groups excluding carboxylic acids is 2. The van der Waals surface area contributed by atoms with Crippen LogP contribution in [-0.4, -0.2) is 41.3 Å². The SMILES string of the molecule is CN1C[C@@H](C(=O)N[C@H]2CC[C@H](c3nc4cc(Cl)ccc4o3)CC2)CC1=O. The van der Waals surface area contributed by atoms with Crippen LogP contribution < -0.4 is 5.32 Å². The van der Waals surface area contributed by atoms with Gasteiger partial charge in [-0.2, -0.15) is 0 Å². The molecule has 26 heavy (non-hydrogen) atoms. The topological polar surface area (TPSA) is 75.4 Å². The van der Waals surface area contributed by atoms with Gasteiger partial charge in [0.25, 0.3) is 0 Å². The van der Waals surface area contributed by atoms with Crippen molar-refractivity contribution in [3.8, 4) is 0 Å². The predicted octanol–water partition coefficient (Wildman–Crippen LogP) is 3.10. The van der Waals surface area contributed by atoms with E-state index in [-0.39, 0.29) is 29.7 Å². The highest BCUT2D eigenvalue weighted by molar-refractivity contribution is 6.31. The van der Waals surface area contributed by atoms with Crippen LogP contribution in [-0.2, 0) is 9.59 Å². The number of carbonyl (C=O) groups is 2. The van der Waals surface area contributed by atoms with Gasteiger partial charge in [-0.05, 0) is 43.9 Å². The zero-order chi connectivity index (χ0) is 18.3. The van der Waals surface area contributed by atoms with Gasteiger partial charge in [-0.1, -0.05) is 11.6 Å². The Kier molecular flexibility index (Phi) is 4.61. The van der Waals surface area contributed by atoms with Crippen molar-refractivity contribution in [1.82, 2.24) is 15.2 Å². The summed E-state index contributed by atoms with van der Waals surface area (Å²) in [6.45, 7) is 0.519. The van der Waals surface area contributed by atoms with Gasteiger partial charge in [0, 0.05) is 37.0 Å². The van der Waals surface area contributed by atoms with E-state index in [4.69, 9.17) is 16.0 Å². The summed E-state index contributed by atoms with van der Waals surface area (Å²) in [4.78, 5) is 30.2. The Morgan fingerprint density at radius 2 is 2.08 bits per heavy atom. The molecule has 1 aliphatic heterocycles. The summed E-state index contributed by atoms with van der Waals surface area (Å²) in [5.74, 6) is 0.864. The van der Waals surface area contributed by atoms with Crippen molar-refractivity contribution in [2.45, 2.75) is 44.1 Å². The molecule has 0 radical (unpaired) electrons. The van der Waals surface area contributed by atoms with E-state index < -0.39 is 0 Å². The summed E-state index contributed by atoms with van der Waals surface area (Å²) in [5, 5.41) is 3.77. The number of hydrogen-bond donors (Lipinski definition) is 1. The number of fused-ring (bicyclic) bond motifs is 1. The molecule has 1 N–H and O–H groups in total. The fraction of sp³-hybridized carbons (Fsp3) is 0.526. The monoisotopic (exact) mass is 375 g/mol. The van der Waals surface area contributed by atoms with Crippen LogP contribution in [0.15, 0.2) is 22.6 Å². The van der Waals surface area contributed by atoms with Crippen LogP contribution in [0, 0.1) is 5.92 Å². The molecular weight excluding hydrogens is 354 g/mol. The van der Waals surface area contributed by atoms with Crippen LogP contribution >= 0.6 is 11.6 Å². The number of rotatable bonds is 3. The molecule has 2 heterocycles. The van der Waals surface area contributed by atoms with Crippen molar-refractivity contribution in [3.05, 3.63) is 29.1 Å². The highest BCUT2D eigenvalue weighted by atomic mass is 35.5. The third-order valence-electron chi connectivity index (χ3n) is 5.50. The van der Waals surface area contributed by atoms with Crippen molar-refractivity contribution in [2.24, 2.45) is 5.92 Å². The zero-order valence-electron chi connectivity index (χ0n) is 14.7. The fourth-order valence-corrected chi connectivity index (χ4v) is 4.10. The molecule has 1 aromatic heterocycles. The molecule has 2 fully saturated rings. The molecule has 1 aliphatic carbocycles. The van der Waals surface area contributed by atoms with E-state index >= 15 is 0 Å². The van der Waals surface area contributed by atoms with Gasteiger partial charge in [-0.25, -0.2) is 4.98 Å². The first-order valence-electron chi connectivity index (χ1n) is 9.10. The number of benzene rings is 1. The van der Waals surface area contributed by atoms with E-state index in [0.717, 1.165) is 42.7 Å². The maximum absolute atomic E-state index is 12.4. The Labute approximate surface area is 156 Å². The average molecular weight is 376 g/mol. The van der Waals surface area contributed by atoms with E-state index in [9.17, 15) is 9.59 Å². The van der Waals surface area contributed by atoms with Crippen LogP contribution in [0.3, 0.4) is 0 Å². The first kappa shape index (κ1) is 17.3. The number of hydrogen-bond acceptors (Lipinski definition) is 4. The molecule has 1 saturated carbocycles. The van der Waals surface area contributed by atoms with Gasteiger partial charge in [-0.3, -0.25) is 9.59 Å². The summed E-state index contributed by atoms with van der Waals surface area (Å²) in [5.41, 5.74) is 1.55. The summed E-state index contributed by atoms with van der Waals surface area (Å²) in [7, 11) is 1.74. The second-order valence-electron chi connectivity index (χ2n) is 7.40. The smallest absolute Gasteiger partial charge is 0.225 e. The van der Waals surface area contributed by atoms with Crippen LogP contribution in [0.2, 0.25) is 5.02 Å². The minimum Gasteiger partial charge on any atom is -0.440 e. The van der Waals surface area contributed by atoms with E-state index in [1.807, 2.05) is 12.1 Å². The molecule has 6 nitrogen and oxygen atoms in total. The molecule has 2 aromatic rings. The van der Waals surface area contributed by atoms with Crippen molar-refractivity contribution >= 4 is 34.5 Å². The molecule has 2 amide bonds. The molecule has 1 aromatic carbocycles. The van der Waals surface area contributed by atoms with Gasteiger partial charge in [-0.15, -0.1) is 0 Å². The van der Waals surface area contributed by atoms with Crippen LogP contribution in [0.1, 0.15) is 43.9 Å². The molecule has 1 saturated heterocycles. The lowest BCUT2D eigenvalue weighted by atomic mass is 9.85. The Morgan fingerprint density at radius 1 is 1.31 bits per heavy atom. The maximum Gasteiger partial charge on any atom is 0.225 e. The van der Waals surface area contributed by atoms with Gasteiger partial charge in [0.2, 0.25) is 11.8 Å². The van der Waals surface area contributed by atoms with Gasteiger partial charge >= 0.3 is 0 Å². The molecule has 1 atom stereocenters. The second-order valence-corrected chi connectivity index (χ2v) is 7.83. The predicted molar refractivity (Wildman–Crippen MR) is 97.9 cm³/mol. The van der Waals surface area contributed by atoms with Crippen molar-refractivity contribution in [2.75, 3.05) is 13.6 Å². The number of amides is 2. The Bertz CT molecular complexity index is 842. The molecule has 2 aliphatic rings. The normalized spacial score (nSPS) is 26.5. The van der Waals surface area contributed by atoms with E-state index in [1.54, 1.807) is 18.0 Å². The van der Waals surface area contributed by atoms with Crippen LogP contribution in [0.5, 0.6) is 0 Å². The average Bonchev–Trinajstić information content (AvgIpc) is 3.19. The first-order valence-corrected chi connectivity index (χ1v) is 9.47. The molecule has 0 unspecified atom stereocenters. The lowest BCUT2D eigenvalue weighted by Gasteiger charge is -2.28. The second kappa shape index (κ2) is 6.91. The largest absolute Gasteiger partial charge is 0.440 e. The van der Waals surface area contributed by atoms with Crippen molar-refractivity contribution < 1.29 is 14.0 Å². The Morgan fingerprint density at radius 3 is 2.77 bits per heavy atom. The molecule has 4 rings (SSSR count). The standard InChI is InChI=1S/C19H22ClN3O3/c1-23-10-12(8-17(23)24)18(25)21-14-5-2-11(3-6-14)19-22-15-9-13(20)4-7-16(15)26-19/h4,7,9,11-12,14H,2-3,5-6,8,10H2,1H3,(H,21,25)/t11-,12-,14-/m0/s1. The molecule has 7 heteroatoms. The highest BCUT2D eigenvalue weighted by Crippen LogP contribution is 2.34. The third kappa shape index (κ3) is 3.43. The number of nitrogens with one attached hydrogen (secondary N) is 1. The number of oxazole rings is 1. The molecule has 0 bridgehead atoms. The minimum absolute atomic E-state index is 0.00246. The lowest BCUT2D eigenvalue weighted by Crippen LogP contribution is -2.41. The van der Waals surface area contributed by atoms with Gasteiger partial charge < -0.3 is 14.6 Å². The van der Waals surface area contributed by atoms with Gasteiger partial charge in [0.15, 0.2) is 11.5 Å². The first-order chi connectivity index (χ1) is 12.5. The van der Waals surface area contributed by atoms with E-state index in [2.05, 4.69) is 10.3 Å². The highest BCUT2D eigenvalue weighted by Gasteiger charge is 2.34. The van der Waals surface area contributed by atoms with Gasteiger partial charge in [0.05, 0.1) is 5.92 Å². The number of likely N-dealkylation sites (tertiary alicyclic amines) is 1. The van der Waals surface area contributed by atoms with Crippen LogP contribution in [0.25, 0.3) is 11.1 Å². The quantitative estimate of drug-likeness (QED) is 0.894. The van der Waals surface area contributed by atoms with Gasteiger partial charge in [0.1, 0.15) is 5.52 Å². The lowest BCUT2D eigenvalue weighted by molar-refractivity contribution is -0.128. The summed E-state index contributed by atoms with van der Waals surface area (Å²) in [6, 6.07) is 5.63. The zero-order valence-corrected chi connectivity index (χ0v) is 15.5. The fourth-order valence-electron chi connectivity index (χ4n) is 3.94. The van der Waals surface area contributed by atoms with Crippen LogP contribution in [0.4, 0.5) is 0 Å². The number of aromatic nitrogens is 1.